The minimum atomic E-state index is -0.509. The molecule has 0 atom stereocenters. The van der Waals surface area contributed by atoms with E-state index in [4.69, 9.17) is 4.74 Å². The molecule has 0 saturated carbocycles. The molecule has 1 amide bonds. The summed E-state index contributed by atoms with van der Waals surface area (Å²) in [5, 5.41) is 6.76. The van der Waals surface area contributed by atoms with Crippen LogP contribution in [0.2, 0.25) is 0 Å². The van der Waals surface area contributed by atoms with E-state index in [-0.39, 0.29) is 11.7 Å². The molecule has 1 aromatic heterocycles. The molecule has 5 nitrogen and oxygen atoms in total. The first-order valence-corrected chi connectivity index (χ1v) is 6.08. The molecule has 1 N–H and O–H groups in total. The van der Waals surface area contributed by atoms with Gasteiger partial charge in [-0.25, -0.2) is 4.39 Å². The Balaban J connectivity index is 2.35. The van der Waals surface area contributed by atoms with E-state index in [0.717, 1.165) is 0 Å². The second-order valence-corrected chi connectivity index (χ2v) is 4.58. The molecule has 0 unspecified atom stereocenters. The predicted octanol–water partition coefficient (Wildman–Crippen LogP) is 2.44. The predicted molar refractivity (Wildman–Crippen MR) is 73.6 cm³/mol. The van der Waals surface area contributed by atoms with Gasteiger partial charge in [0.1, 0.15) is 0 Å². The minimum absolute atomic E-state index is 0.0190. The van der Waals surface area contributed by atoms with Gasteiger partial charge in [0.15, 0.2) is 11.6 Å². The summed E-state index contributed by atoms with van der Waals surface area (Å²) in [7, 11) is 3.09. The average Bonchev–Trinajstić information content (AvgIpc) is 2.68. The molecular formula is C14H16FN3O2. The fourth-order valence-electron chi connectivity index (χ4n) is 2.04. The Bertz CT molecular complexity index is 665. The molecule has 2 rings (SSSR count). The van der Waals surface area contributed by atoms with E-state index >= 15 is 0 Å². The second kappa shape index (κ2) is 5.32. The van der Waals surface area contributed by atoms with Gasteiger partial charge in [0, 0.05) is 13.2 Å². The largest absolute Gasteiger partial charge is 0.492 e. The lowest BCUT2D eigenvalue weighted by molar-refractivity contribution is 0.102. The molecule has 0 saturated heterocycles. The Labute approximate surface area is 116 Å². The lowest BCUT2D eigenvalue weighted by Gasteiger charge is -2.11. The van der Waals surface area contributed by atoms with Crippen LogP contribution in [-0.4, -0.2) is 22.8 Å². The zero-order valence-corrected chi connectivity index (χ0v) is 11.8. The summed E-state index contributed by atoms with van der Waals surface area (Å²) in [5.74, 6) is -0.838. The Hall–Kier alpha value is -2.37. The van der Waals surface area contributed by atoms with Crippen molar-refractivity contribution in [1.29, 1.82) is 0 Å². The molecule has 0 aliphatic carbocycles. The van der Waals surface area contributed by atoms with E-state index in [1.54, 1.807) is 37.8 Å². The number of anilines is 1. The molecule has 0 spiro atoms. The van der Waals surface area contributed by atoms with Crippen LogP contribution in [0, 0.1) is 19.7 Å². The number of benzene rings is 1. The van der Waals surface area contributed by atoms with Crippen molar-refractivity contribution in [2.75, 3.05) is 12.4 Å². The first-order chi connectivity index (χ1) is 9.42. The summed E-state index contributed by atoms with van der Waals surface area (Å²) in [4.78, 5) is 12.2. The van der Waals surface area contributed by atoms with Gasteiger partial charge in [-0.05, 0) is 31.5 Å². The van der Waals surface area contributed by atoms with E-state index in [1.807, 2.05) is 0 Å². The molecule has 1 aromatic carbocycles. The maximum Gasteiger partial charge on any atom is 0.259 e. The summed E-state index contributed by atoms with van der Waals surface area (Å²) in [6.45, 7) is 3.48. The topological polar surface area (TPSA) is 56.1 Å². The lowest BCUT2D eigenvalue weighted by atomic mass is 10.2. The first kappa shape index (κ1) is 14.0. The number of rotatable bonds is 3. The summed E-state index contributed by atoms with van der Waals surface area (Å²) >= 11 is 0. The molecule has 0 fully saturated rings. The van der Waals surface area contributed by atoms with Gasteiger partial charge < -0.3 is 10.1 Å². The monoisotopic (exact) mass is 277 g/mol. The molecule has 20 heavy (non-hydrogen) atoms. The number of halogens is 1. The molecule has 1 heterocycles. The molecule has 2 aromatic rings. The van der Waals surface area contributed by atoms with Crippen LogP contribution in [0.3, 0.4) is 0 Å². The normalized spacial score (nSPS) is 10.4. The van der Waals surface area contributed by atoms with Crippen molar-refractivity contribution >= 4 is 11.6 Å². The molecule has 0 aliphatic heterocycles. The third kappa shape index (κ3) is 2.64. The van der Waals surface area contributed by atoms with Crippen LogP contribution < -0.4 is 10.1 Å². The maximum absolute atomic E-state index is 13.8. The van der Waals surface area contributed by atoms with Crippen molar-refractivity contribution in [3.8, 4) is 5.75 Å². The van der Waals surface area contributed by atoms with Crippen molar-refractivity contribution in [3.05, 3.63) is 41.0 Å². The first-order valence-electron chi connectivity index (χ1n) is 6.08. The molecule has 6 heteroatoms. The second-order valence-electron chi connectivity index (χ2n) is 4.58. The van der Waals surface area contributed by atoms with Crippen molar-refractivity contribution in [3.63, 3.8) is 0 Å². The zero-order valence-electron chi connectivity index (χ0n) is 11.8. The van der Waals surface area contributed by atoms with Crippen molar-refractivity contribution in [2.24, 2.45) is 7.05 Å². The number of carbonyl (C=O) groups excluding carboxylic acids is 1. The minimum Gasteiger partial charge on any atom is -0.492 e. The number of carbonyl (C=O) groups is 1. The fraction of sp³-hybridized carbons (Fsp3) is 0.286. The van der Waals surface area contributed by atoms with Crippen LogP contribution in [-0.2, 0) is 7.05 Å². The van der Waals surface area contributed by atoms with Gasteiger partial charge in [-0.15, -0.1) is 0 Å². The van der Waals surface area contributed by atoms with Crippen LogP contribution in [0.5, 0.6) is 5.75 Å². The van der Waals surface area contributed by atoms with Crippen LogP contribution in [0.1, 0.15) is 21.6 Å². The fourth-order valence-corrected chi connectivity index (χ4v) is 2.04. The third-order valence-electron chi connectivity index (χ3n) is 2.90. The van der Waals surface area contributed by atoms with E-state index in [2.05, 4.69) is 10.4 Å². The van der Waals surface area contributed by atoms with Gasteiger partial charge in [0.25, 0.3) is 5.91 Å². The highest BCUT2D eigenvalue weighted by Gasteiger charge is 2.17. The van der Waals surface area contributed by atoms with E-state index in [1.165, 1.54) is 13.2 Å². The van der Waals surface area contributed by atoms with E-state index in [0.29, 0.717) is 22.5 Å². The van der Waals surface area contributed by atoms with E-state index < -0.39 is 5.82 Å². The molecule has 106 valence electrons. The number of amides is 1. The molecule has 0 radical (unpaired) electrons. The van der Waals surface area contributed by atoms with Gasteiger partial charge in [-0.3, -0.25) is 9.48 Å². The molecule has 0 aliphatic rings. The SMILES string of the molecule is COc1c(F)cc(C)cc1NC(=O)c1cn(C)nc1C. The van der Waals surface area contributed by atoms with E-state index in [9.17, 15) is 9.18 Å². The van der Waals surface area contributed by atoms with Crippen LogP contribution in [0.25, 0.3) is 0 Å². The molecule has 0 bridgehead atoms. The highest BCUT2D eigenvalue weighted by atomic mass is 19.1. The number of hydrogen-bond acceptors (Lipinski definition) is 3. The van der Waals surface area contributed by atoms with Crippen LogP contribution >= 0.6 is 0 Å². The van der Waals surface area contributed by atoms with Gasteiger partial charge in [0.05, 0.1) is 24.1 Å². The van der Waals surface area contributed by atoms with Crippen LogP contribution in [0.15, 0.2) is 18.3 Å². The number of aryl methyl sites for hydroxylation is 3. The number of aromatic nitrogens is 2. The summed E-state index contributed by atoms with van der Waals surface area (Å²) in [6.07, 6.45) is 1.61. The Kier molecular flexibility index (Phi) is 3.74. The van der Waals surface area contributed by atoms with Gasteiger partial charge in [0.2, 0.25) is 0 Å². The molecular weight excluding hydrogens is 261 g/mol. The summed E-state index contributed by atoms with van der Waals surface area (Å²) in [6, 6.07) is 3.01. The highest BCUT2D eigenvalue weighted by molar-refractivity contribution is 6.05. The number of methoxy groups -OCH3 is 1. The van der Waals surface area contributed by atoms with Crippen molar-refractivity contribution in [2.45, 2.75) is 13.8 Å². The Morgan fingerprint density at radius 3 is 2.65 bits per heavy atom. The number of ether oxygens (including phenoxy) is 1. The number of nitrogens with zero attached hydrogens (tertiary/aromatic N) is 2. The lowest BCUT2D eigenvalue weighted by Crippen LogP contribution is -2.13. The number of nitrogens with one attached hydrogen (secondary N) is 1. The van der Waals surface area contributed by atoms with Crippen LogP contribution in [0.4, 0.5) is 10.1 Å². The third-order valence-corrected chi connectivity index (χ3v) is 2.90. The Morgan fingerprint density at radius 2 is 2.10 bits per heavy atom. The van der Waals surface area contributed by atoms with Gasteiger partial charge >= 0.3 is 0 Å². The standard InChI is InChI=1S/C14H16FN3O2/c1-8-5-11(15)13(20-4)12(6-8)16-14(19)10-7-18(3)17-9(10)2/h5-7H,1-4H3,(H,16,19). The zero-order chi connectivity index (χ0) is 14.9. The summed E-state index contributed by atoms with van der Waals surface area (Å²) in [5.41, 5.74) is 2.05. The Morgan fingerprint density at radius 1 is 1.40 bits per heavy atom. The highest BCUT2D eigenvalue weighted by Crippen LogP contribution is 2.29. The maximum atomic E-state index is 13.8. The van der Waals surface area contributed by atoms with Crippen molar-refractivity contribution in [1.82, 2.24) is 9.78 Å². The van der Waals surface area contributed by atoms with Crippen molar-refractivity contribution < 1.29 is 13.9 Å². The summed E-state index contributed by atoms with van der Waals surface area (Å²) < 4.78 is 20.3. The smallest absolute Gasteiger partial charge is 0.259 e. The average molecular weight is 277 g/mol. The quantitative estimate of drug-likeness (QED) is 0.937. The van der Waals surface area contributed by atoms with Gasteiger partial charge in [-0.2, -0.15) is 5.10 Å². The number of hydrogen-bond donors (Lipinski definition) is 1. The van der Waals surface area contributed by atoms with Gasteiger partial charge in [-0.1, -0.05) is 0 Å².